The molecule has 0 N–H and O–H groups in total. The molecule has 2 atom stereocenters. The molecule has 1 heterocycles. The van der Waals surface area contributed by atoms with Crippen molar-refractivity contribution in [1.29, 1.82) is 0 Å². The average molecular weight is 439 g/mol. The Morgan fingerprint density at radius 2 is 1.24 bits per heavy atom. The van der Waals surface area contributed by atoms with Gasteiger partial charge in [0.2, 0.25) is 0 Å². The second-order valence-corrected chi connectivity index (χ2v) is 8.83. The number of rotatable bonds is 4. The molecule has 0 aromatic heterocycles. The molecule has 1 nitrogen and oxygen atoms in total. The third-order valence-electron chi connectivity index (χ3n) is 6.90. The van der Waals surface area contributed by atoms with Crippen LogP contribution in [0.4, 0.5) is 0 Å². The van der Waals surface area contributed by atoms with Gasteiger partial charge in [0.1, 0.15) is 11.9 Å². The van der Waals surface area contributed by atoms with Gasteiger partial charge in [-0.25, -0.2) is 0 Å². The number of fused-ring (bicyclic) bond motifs is 3. The molecule has 0 saturated heterocycles. The first-order valence-electron chi connectivity index (χ1n) is 11.9. The summed E-state index contributed by atoms with van der Waals surface area (Å²) in [5.41, 5.74) is 6.21. The Labute approximate surface area is 200 Å². The van der Waals surface area contributed by atoms with Gasteiger partial charge in [-0.05, 0) is 68.9 Å². The maximum atomic E-state index is 6.24. The number of hydrogen-bond donors (Lipinski definition) is 0. The summed E-state index contributed by atoms with van der Waals surface area (Å²) in [4.78, 5) is 0. The quantitative estimate of drug-likeness (QED) is 0.201. The topological polar surface area (TPSA) is 9.23 Å². The van der Waals surface area contributed by atoms with Crippen molar-refractivity contribution in [3.8, 4) is 28.0 Å². The van der Waals surface area contributed by atoms with Gasteiger partial charge in [0, 0.05) is 11.5 Å². The predicted molar refractivity (Wildman–Crippen MR) is 144 cm³/mol. The fourth-order valence-corrected chi connectivity index (χ4v) is 5.43. The van der Waals surface area contributed by atoms with Crippen LogP contribution in [0.1, 0.15) is 18.4 Å². The third-order valence-corrected chi connectivity index (χ3v) is 6.90. The Bertz CT molecular complexity index is 1500. The summed E-state index contributed by atoms with van der Waals surface area (Å²) in [6, 6.07) is 34.9. The third kappa shape index (κ3) is 3.16. The normalized spacial score (nSPS) is 17.2. The molecule has 34 heavy (non-hydrogen) atoms. The highest BCUT2D eigenvalue weighted by Crippen LogP contribution is 2.46. The van der Waals surface area contributed by atoms with Crippen molar-refractivity contribution in [2.24, 2.45) is 0 Å². The monoisotopic (exact) mass is 438 g/mol. The Hall–Kier alpha value is -4.10. The number of ether oxygens (including phenoxy) is 1. The van der Waals surface area contributed by atoms with Gasteiger partial charge in [0.15, 0.2) is 0 Å². The second kappa shape index (κ2) is 8.35. The summed E-state index contributed by atoms with van der Waals surface area (Å²) < 4.78 is 6.24. The van der Waals surface area contributed by atoms with Crippen molar-refractivity contribution >= 4 is 21.5 Å². The molecule has 1 aliphatic rings. The molecule has 6 rings (SSSR count). The molecule has 0 spiro atoms. The van der Waals surface area contributed by atoms with Gasteiger partial charge in [-0.2, -0.15) is 0 Å². The molecular formula is C33H26O. The molecule has 0 amide bonds. The van der Waals surface area contributed by atoms with Crippen molar-refractivity contribution in [3.05, 3.63) is 127 Å². The summed E-state index contributed by atoms with van der Waals surface area (Å²) in [6.07, 6.45) is 6.18. The van der Waals surface area contributed by atoms with Crippen LogP contribution in [0.25, 0.3) is 43.8 Å². The Morgan fingerprint density at radius 3 is 1.79 bits per heavy atom. The number of hydrogen-bond acceptors (Lipinski definition) is 1. The molecule has 164 valence electrons. The lowest BCUT2D eigenvalue weighted by Gasteiger charge is -2.18. The fourth-order valence-electron chi connectivity index (χ4n) is 5.43. The Morgan fingerprint density at radius 1 is 0.676 bits per heavy atom. The predicted octanol–water partition coefficient (Wildman–Crippen LogP) is 8.93. The molecule has 0 fully saturated rings. The van der Waals surface area contributed by atoms with E-state index >= 15 is 0 Å². The highest BCUT2D eigenvalue weighted by molar-refractivity contribution is 6.21. The number of allylic oxidation sites excluding steroid dienone is 1. The van der Waals surface area contributed by atoms with E-state index < -0.39 is 0 Å². The standard InChI is InChI=1S/C33H26O/c1-3-12-30-24(4-2)29-21-23(19-20-31(29)34-30)33-27-17-10-8-15-25(27)32(22-13-6-5-7-14-22)26-16-9-11-18-28(26)33/h3-21,24,30H,2H2,1H3/b12-3-. The van der Waals surface area contributed by atoms with Crippen LogP contribution in [-0.2, 0) is 0 Å². The zero-order valence-corrected chi connectivity index (χ0v) is 19.2. The zero-order valence-electron chi connectivity index (χ0n) is 19.2. The molecule has 5 aromatic rings. The van der Waals surface area contributed by atoms with Gasteiger partial charge in [0.25, 0.3) is 0 Å². The van der Waals surface area contributed by atoms with Crippen LogP contribution in [0.15, 0.2) is 122 Å². The van der Waals surface area contributed by atoms with E-state index in [-0.39, 0.29) is 12.0 Å². The minimum absolute atomic E-state index is 0.00157. The van der Waals surface area contributed by atoms with E-state index in [1.54, 1.807) is 0 Å². The smallest absolute Gasteiger partial charge is 0.127 e. The Balaban J connectivity index is 1.66. The van der Waals surface area contributed by atoms with Crippen molar-refractivity contribution in [1.82, 2.24) is 0 Å². The SMILES string of the molecule is C=CC1c2cc(-c3c4ccccc4c(-c4ccccc4)c4ccccc34)ccc2OC1/C=C\C. The number of benzene rings is 5. The van der Waals surface area contributed by atoms with E-state index in [0.717, 1.165) is 5.75 Å². The first kappa shape index (κ1) is 20.5. The van der Waals surface area contributed by atoms with E-state index in [1.807, 2.05) is 13.0 Å². The van der Waals surface area contributed by atoms with Gasteiger partial charge in [-0.1, -0.05) is 97.1 Å². The summed E-state index contributed by atoms with van der Waals surface area (Å²) in [5, 5.41) is 5.07. The largest absolute Gasteiger partial charge is 0.485 e. The van der Waals surface area contributed by atoms with Crippen molar-refractivity contribution in [2.45, 2.75) is 18.9 Å². The van der Waals surface area contributed by atoms with E-state index in [1.165, 1.54) is 49.4 Å². The summed E-state index contributed by atoms with van der Waals surface area (Å²) >= 11 is 0. The molecule has 0 saturated carbocycles. The molecule has 0 bridgehead atoms. The highest BCUT2D eigenvalue weighted by Gasteiger charge is 2.31. The van der Waals surface area contributed by atoms with E-state index in [2.05, 4.69) is 116 Å². The maximum absolute atomic E-state index is 6.24. The van der Waals surface area contributed by atoms with Crippen LogP contribution in [-0.4, -0.2) is 6.10 Å². The molecule has 1 heteroatoms. The van der Waals surface area contributed by atoms with Crippen molar-refractivity contribution in [2.75, 3.05) is 0 Å². The first-order chi connectivity index (χ1) is 16.8. The van der Waals surface area contributed by atoms with Crippen LogP contribution in [0.2, 0.25) is 0 Å². The first-order valence-corrected chi connectivity index (χ1v) is 11.9. The van der Waals surface area contributed by atoms with Crippen molar-refractivity contribution in [3.63, 3.8) is 0 Å². The zero-order chi connectivity index (χ0) is 23.1. The van der Waals surface area contributed by atoms with Gasteiger partial charge < -0.3 is 4.74 Å². The van der Waals surface area contributed by atoms with E-state index in [4.69, 9.17) is 4.74 Å². The lowest BCUT2D eigenvalue weighted by Crippen LogP contribution is -2.13. The van der Waals surface area contributed by atoms with Gasteiger partial charge in [0.05, 0.1) is 0 Å². The second-order valence-electron chi connectivity index (χ2n) is 8.83. The lowest BCUT2D eigenvalue weighted by atomic mass is 9.85. The lowest BCUT2D eigenvalue weighted by molar-refractivity contribution is 0.270. The van der Waals surface area contributed by atoms with E-state index in [0.29, 0.717) is 0 Å². The van der Waals surface area contributed by atoms with Crippen LogP contribution in [0.3, 0.4) is 0 Å². The molecule has 1 aliphatic heterocycles. The van der Waals surface area contributed by atoms with Crippen molar-refractivity contribution < 1.29 is 4.74 Å². The van der Waals surface area contributed by atoms with Crippen LogP contribution >= 0.6 is 0 Å². The average Bonchev–Trinajstić information content (AvgIpc) is 3.24. The molecule has 0 aliphatic carbocycles. The van der Waals surface area contributed by atoms with E-state index in [9.17, 15) is 0 Å². The minimum Gasteiger partial charge on any atom is -0.485 e. The van der Waals surface area contributed by atoms with Gasteiger partial charge >= 0.3 is 0 Å². The summed E-state index contributed by atoms with van der Waals surface area (Å²) in [7, 11) is 0. The maximum Gasteiger partial charge on any atom is 0.127 e. The van der Waals surface area contributed by atoms with Crippen LogP contribution in [0, 0.1) is 0 Å². The fraction of sp³-hybridized carbons (Fsp3) is 0.0909. The summed E-state index contributed by atoms with van der Waals surface area (Å²) in [6.45, 7) is 6.14. The molecule has 0 radical (unpaired) electrons. The molecular weight excluding hydrogens is 412 g/mol. The Kier molecular flexibility index (Phi) is 5.04. The van der Waals surface area contributed by atoms with Gasteiger partial charge in [-0.3, -0.25) is 0 Å². The minimum atomic E-state index is 0.00157. The van der Waals surface area contributed by atoms with Crippen LogP contribution in [0.5, 0.6) is 5.75 Å². The molecule has 2 unspecified atom stereocenters. The van der Waals surface area contributed by atoms with Crippen LogP contribution < -0.4 is 4.74 Å². The molecule has 5 aromatic carbocycles. The highest BCUT2D eigenvalue weighted by atomic mass is 16.5. The van der Waals surface area contributed by atoms with Gasteiger partial charge in [-0.15, -0.1) is 6.58 Å². The summed E-state index contributed by atoms with van der Waals surface area (Å²) in [5.74, 6) is 1.10.